The summed E-state index contributed by atoms with van der Waals surface area (Å²) >= 11 is 0. The van der Waals surface area contributed by atoms with Gasteiger partial charge in [-0.3, -0.25) is 0 Å². The Bertz CT molecular complexity index is 191. The zero-order chi connectivity index (χ0) is 10.9. The number of hydrogen-bond donors (Lipinski definition) is 3. The van der Waals surface area contributed by atoms with Crippen molar-refractivity contribution in [3.8, 4) is 0 Å². The fourth-order valence-corrected chi connectivity index (χ4v) is 1.66. The molecule has 4 N–H and O–H groups in total. The quantitative estimate of drug-likeness (QED) is 0.190. The first-order valence-electron chi connectivity index (χ1n) is 5.58. The summed E-state index contributed by atoms with van der Waals surface area (Å²) in [4.78, 5) is 0. The normalized spacial score (nSPS) is 22.1. The van der Waals surface area contributed by atoms with Gasteiger partial charge in [-0.25, -0.2) is 0 Å². The molecule has 1 fully saturated rings. The maximum Gasteiger partial charge on any atom is 0.139 e. The van der Waals surface area contributed by atoms with Gasteiger partial charge < -0.3 is 21.0 Å². The second kappa shape index (κ2) is 7.48. The number of amidine groups is 1. The van der Waals surface area contributed by atoms with Crippen molar-refractivity contribution in [3.05, 3.63) is 0 Å². The highest BCUT2D eigenvalue weighted by Crippen LogP contribution is 2.10. The Balaban J connectivity index is 1.84. The van der Waals surface area contributed by atoms with Crippen LogP contribution in [0, 0.1) is 5.92 Å². The van der Waals surface area contributed by atoms with E-state index in [1.165, 1.54) is 6.42 Å². The highest BCUT2D eigenvalue weighted by Gasteiger charge is 2.14. The first-order valence-corrected chi connectivity index (χ1v) is 5.58. The van der Waals surface area contributed by atoms with Gasteiger partial charge >= 0.3 is 0 Å². The van der Waals surface area contributed by atoms with Gasteiger partial charge in [0.25, 0.3) is 0 Å². The summed E-state index contributed by atoms with van der Waals surface area (Å²) < 4.78 is 5.28. The lowest BCUT2D eigenvalue weighted by Crippen LogP contribution is -2.24. The summed E-state index contributed by atoms with van der Waals surface area (Å²) in [7, 11) is 0. The zero-order valence-electron chi connectivity index (χ0n) is 9.11. The van der Waals surface area contributed by atoms with Crippen LogP contribution in [0.15, 0.2) is 5.16 Å². The number of nitrogens with two attached hydrogens (primary N) is 1. The third-order valence-corrected chi connectivity index (χ3v) is 2.62. The van der Waals surface area contributed by atoms with Crippen LogP contribution in [0.1, 0.15) is 25.7 Å². The van der Waals surface area contributed by atoms with E-state index in [-0.39, 0.29) is 0 Å². The molecule has 1 unspecified atom stereocenters. The van der Waals surface area contributed by atoms with Crippen molar-refractivity contribution in [2.75, 3.05) is 26.3 Å². The average Bonchev–Trinajstić information content (AvgIpc) is 2.75. The lowest BCUT2D eigenvalue weighted by Gasteiger charge is -2.08. The summed E-state index contributed by atoms with van der Waals surface area (Å²) in [6.45, 7) is 3.85. The predicted molar refractivity (Wildman–Crippen MR) is 59.1 cm³/mol. The SMILES string of the molecule is NC(CCCCNCC1CCOC1)=NO. The van der Waals surface area contributed by atoms with Gasteiger partial charge in [-0.1, -0.05) is 5.16 Å². The van der Waals surface area contributed by atoms with E-state index in [1.807, 2.05) is 0 Å². The molecule has 15 heavy (non-hydrogen) atoms. The Morgan fingerprint density at radius 2 is 2.40 bits per heavy atom. The standard InChI is InChI=1S/C10H21N3O2/c11-10(13-14)3-1-2-5-12-7-9-4-6-15-8-9/h9,12,14H,1-8H2,(H2,11,13). The van der Waals surface area contributed by atoms with Crippen molar-refractivity contribution in [1.29, 1.82) is 0 Å². The maximum absolute atomic E-state index is 8.31. The van der Waals surface area contributed by atoms with Crippen LogP contribution in [-0.2, 0) is 4.74 Å². The number of oxime groups is 1. The van der Waals surface area contributed by atoms with E-state index in [9.17, 15) is 0 Å². The number of nitrogens with zero attached hydrogens (tertiary/aromatic N) is 1. The molecule has 0 aromatic rings. The van der Waals surface area contributed by atoms with Crippen molar-refractivity contribution >= 4 is 5.84 Å². The second-order valence-electron chi connectivity index (χ2n) is 3.98. The number of hydrogen-bond acceptors (Lipinski definition) is 4. The summed E-state index contributed by atoms with van der Waals surface area (Å²) in [6, 6.07) is 0. The molecular weight excluding hydrogens is 194 g/mol. The fraction of sp³-hybridized carbons (Fsp3) is 0.900. The molecule has 0 saturated carbocycles. The molecule has 5 nitrogen and oxygen atoms in total. The number of rotatable bonds is 7. The number of unbranched alkanes of at least 4 members (excludes halogenated alkanes) is 1. The first-order chi connectivity index (χ1) is 7.33. The van der Waals surface area contributed by atoms with E-state index < -0.39 is 0 Å². The Labute approximate surface area is 90.7 Å². The molecule has 1 atom stereocenters. The molecule has 1 aliphatic heterocycles. The van der Waals surface area contributed by atoms with E-state index in [1.54, 1.807) is 0 Å². The Kier molecular flexibility index (Phi) is 6.11. The van der Waals surface area contributed by atoms with E-state index in [0.29, 0.717) is 18.2 Å². The minimum Gasteiger partial charge on any atom is -0.409 e. The van der Waals surface area contributed by atoms with Crippen molar-refractivity contribution in [2.24, 2.45) is 16.8 Å². The highest BCUT2D eigenvalue weighted by atomic mass is 16.5. The van der Waals surface area contributed by atoms with Gasteiger partial charge in [0.15, 0.2) is 0 Å². The van der Waals surface area contributed by atoms with Crippen LogP contribution < -0.4 is 11.1 Å². The summed E-state index contributed by atoms with van der Waals surface area (Å²) in [5, 5.41) is 14.6. The summed E-state index contributed by atoms with van der Waals surface area (Å²) in [5.74, 6) is 1.01. The summed E-state index contributed by atoms with van der Waals surface area (Å²) in [6.07, 6.45) is 3.87. The third-order valence-electron chi connectivity index (χ3n) is 2.62. The van der Waals surface area contributed by atoms with Crippen LogP contribution in [0.4, 0.5) is 0 Å². The number of ether oxygens (including phenoxy) is 1. The second-order valence-corrected chi connectivity index (χ2v) is 3.98. The Morgan fingerprint density at radius 1 is 1.53 bits per heavy atom. The van der Waals surface area contributed by atoms with Gasteiger partial charge in [0.1, 0.15) is 5.84 Å². The molecule has 0 bridgehead atoms. The zero-order valence-corrected chi connectivity index (χ0v) is 9.11. The fourth-order valence-electron chi connectivity index (χ4n) is 1.66. The molecule has 0 radical (unpaired) electrons. The van der Waals surface area contributed by atoms with Crippen molar-refractivity contribution < 1.29 is 9.94 Å². The molecule has 1 rings (SSSR count). The predicted octanol–water partition coefficient (Wildman–Crippen LogP) is 0.529. The van der Waals surface area contributed by atoms with Gasteiger partial charge in [-0.2, -0.15) is 0 Å². The molecule has 0 aromatic heterocycles. The monoisotopic (exact) mass is 215 g/mol. The average molecular weight is 215 g/mol. The van der Waals surface area contributed by atoms with Gasteiger partial charge in [0.2, 0.25) is 0 Å². The highest BCUT2D eigenvalue weighted by molar-refractivity contribution is 5.79. The molecule has 1 aliphatic rings. The van der Waals surface area contributed by atoms with E-state index in [4.69, 9.17) is 15.7 Å². The molecule has 1 saturated heterocycles. The van der Waals surface area contributed by atoms with Crippen LogP contribution in [0.5, 0.6) is 0 Å². The minimum atomic E-state index is 0.319. The molecule has 88 valence electrons. The van der Waals surface area contributed by atoms with Crippen molar-refractivity contribution in [3.63, 3.8) is 0 Å². The molecule has 0 amide bonds. The van der Waals surface area contributed by atoms with Crippen LogP contribution in [-0.4, -0.2) is 37.3 Å². The number of nitrogens with one attached hydrogen (secondary N) is 1. The van der Waals surface area contributed by atoms with E-state index in [2.05, 4.69) is 10.5 Å². The van der Waals surface area contributed by atoms with Crippen LogP contribution in [0.25, 0.3) is 0 Å². The first kappa shape index (κ1) is 12.3. The third kappa shape index (κ3) is 5.59. The lowest BCUT2D eigenvalue weighted by atomic mass is 10.1. The Morgan fingerprint density at radius 3 is 3.07 bits per heavy atom. The molecular formula is C10H21N3O2. The smallest absolute Gasteiger partial charge is 0.139 e. The van der Waals surface area contributed by atoms with Gasteiger partial charge in [0, 0.05) is 19.6 Å². The molecule has 0 aromatic carbocycles. The largest absolute Gasteiger partial charge is 0.409 e. The maximum atomic E-state index is 8.31. The van der Waals surface area contributed by atoms with Crippen LogP contribution >= 0.6 is 0 Å². The molecule has 5 heteroatoms. The Hall–Kier alpha value is -0.810. The van der Waals surface area contributed by atoms with Crippen molar-refractivity contribution in [1.82, 2.24) is 5.32 Å². The molecule has 1 heterocycles. The van der Waals surface area contributed by atoms with Gasteiger partial charge in [-0.05, 0) is 31.7 Å². The minimum absolute atomic E-state index is 0.319. The van der Waals surface area contributed by atoms with Crippen LogP contribution in [0.2, 0.25) is 0 Å². The van der Waals surface area contributed by atoms with Gasteiger partial charge in [0.05, 0.1) is 6.61 Å². The van der Waals surface area contributed by atoms with Crippen molar-refractivity contribution in [2.45, 2.75) is 25.7 Å². The van der Waals surface area contributed by atoms with Gasteiger partial charge in [-0.15, -0.1) is 0 Å². The summed E-state index contributed by atoms with van der Waals surface area (Å²) in [5.41, 5.74) is 5.35. The lowest BCUT2D eigenvalue weighted by molar-refractivity contribution is 0.185. The topological polar surface area (TPSA) is 79.9 Å². The molecule has 0 aliphatic carbocycles. The van der Waals surface area contributed by atoms with E-state index >= 15 is 0 Å². The van der Waals surface area contributed by atoms with E-state index in [0.717, 1.165) is 39.1 Å². The van der Waals surface area contributed by atoms with Crippen LogP contribution in [0.3, 0.4) is 0 Å². The molecule has 0 spiro atoms.